The summed E-state index contributed by atoms with van der Waals surface area (Å²) < 4.78 is 0. The number of piperidine rings is 1. The highest BCUT2D eigenvalue weighted by molar-refractivity contribution is 5.85. The monoisotopic (exact) mass is 287 g/mol. The van der Waals surface area contributed by atoms with E-state index in [1.54, 1.807) is 0 Å². The van der Waals surface area contributed by atoms with Gasteiger partial charge in [0.2, 0.25) is 5.91 Å². The fourth-order valence-corrected chi connectivity index (χ4v) is 3.73. The van der Waals surface area contributed by atoms with E-state index in [1.807, 2.05) is 0 Å². The summed E-state index contributed by atoms with van der Waals surface area (Å²) in [6.45, 7) is 6.91. The molecule has 3 aliphatic heterocycles. The van der Waals surface area contributed by atoms with Crippen molar-refractivity contribution in [1.82, 2.24) is 15.1 Å². The van der Waals surface area contributed by atoms with E-state index < -0.39 is 0 Å². The lowest BCUT2D eigenvalue weighted by Crippen LogP contribution is -2.41. The highest BCUT2D eigenvalue weighted by Crippen LogP contribution is 2.23. The number of hydrogen-bond acceptors (Lipinski definition) is 3. The molecule has 2 unspecified atom stereocenters. The van der Waals surface area contributed by atoms with Gasteiger partial charge >= 0.3 is 0 Å². The van der Waals surface area contributed by atoms with E-state index in [2.05, 4.69) is 15.1 Å². The van der Waals surface area contributed by atoms with E-state index in [0.29, 0.717) is 11.9 Å². The first-order valence-electron chi connectivity index (χ1n) is 7.55. The molecular weight excluding hydrogens is 262 g/mol. The van der Waals surface area contributed by atoms with Gasteiger partial charge in [-0.1, -0.05) is 0 Å². The Morgan fingerprint density at radius 1 is 1.21 bits per heavy atom. The van der Waals surface area contributed by atoms with Crippen LogP contribution in [0.3, 0.4) is 0 Å². The van der Waals surface area contributed by atoms with Crippen molar-refractivity contribution >= 4 is 18.3 Å². The Kier molecular flexibility index (Phi) is 5.48. The summed E-state index contributed by atoms with van der Waals surface area (Å²) in [6, 6.07) is 0.511. The SMILES string of the molecule is Cl.O=C1CCCN1C1CCN(CC2CCCNC2)C1. The molecule has 0 bridgehead atoms. The third-order valence-corrected chi connectivity index (χ3v) is 4.71. The highest BCUT2D eigenvalue weighted by Gasteiger charge is 2.33. The fraction of sp³-hybridized carbons (Fsp3) is 0.929. The minimum absolute atomic E-state index is 0. The van der Waals surface area contributed by atoms with Crippen LogP contribution in [0.25, 0.3) is 0 Å². The van der Waals surface area contributed by atoms with E-state index in [1.165, 1.54) is 45.4 Å². The average molecular weight is 288 g/mol. The van der Waals surface area contributed by atoms with Crippen LogP contribution in [0.5, 0.6) is 0 Å². The quantitative estimate of drug-likeness (QED) is 0.844. The van der Waals surface area contributed by atoms with Crippen molar-refractivity contribution in [3.63, 3.8) is 0 Å². The molecule has 3 rings (SSSR count). The van der Waals surface area contributed by atoms with E-state index in [0.717, 1.165) is 31.8 Å². The molecule has 110 valence electrons. The molecular formula is C14H26ClN3O. The number of nitrogens with zero attached hydrogens (tertiary/aromatic N) is 2. The van der Waals surface area contributed by atoms with Crippen molar-refractivity contribution < 1.29 is 4.79 Å². The van der Waals surface area contributed by atoms with E-state index in [-0.39, 0.29) is 12.4 Å². The Morgan fingerprint density at radius 3 is 2.79 bits per heavy atom. The third kappa shape index (κ3) is 3.61. The Balaban J connectivity index is 0.00000133. The fourth-order valence-electron chi connectivity index (χ4n) is 3.73. The Hall–Kier alpha value is -0.320. The summed E-state index contributed by atoms with van der Waals surface area (Å²) in [5, 5.41) is 3.49. The molecule has 0 radical (unpaired) electrons. The van der Waals surface area contributed by atoms with E-state index in [4.69, 9.17) is 0 Å². The Morgan fingerprint density at radius 2 is 2.11 bits per heavy atom. The topological polar surface area (TPSA) is 35.6 Å². The number of nitrogens with one attached hydrogen (secondary N) is 1. The summed E-state index contributed by atoms with van der Waals surface area (Å²) in [6.07, 6.45) is 5.74. The van der Waals surface area contributed by atoms with Crippen molar-refractivity contribution in [2.45, 2.75) is 38.1 Å². The highest BCUT2D eigenvalue weighted by atomic mass is 35.5. The maximum atomic E-state index is 11.8. The van der Waals surface area contributed by atoms with Gasteiger partial charge in [0.05, 0.1) is 0 Å². The van der Waals surface area contributed by atoms with Crippen LogP contribution in [0, 0.1) is 5.92 Å². The number of rotatable bonds is 3. The average Bonchev–Trinajstić information content (AvgIpc) is 2.99. The molecule has 1 amide bonds. The van der Waals surface area contributed by atoms with Crippen molar-refractivity contribution in [1.29, 1.82) is 0 Å². The molecule has 19 heavy (non-hydrogen) atoms. The number of carbonyl (C=O) groups excluding carboxylic acids is 1. The van der Waals surface area contributed by atoms with Crippen LogP contribution in [0.1, 0.15) is 32.1 Å². The zero-order valence-electron chi connectivity index (χ0n) is 11.6. The normalized spacial score (nSPS) is 32.6. The molecule has 1 N–H and O–H groups in total. The summed E-state index contributed by atoms with van der Waals surface area (Å²) in [7, 11) is 0. The summed E-state index contributed by atoms with van der Waals surface area (Å²) >= 11 is 0. The van der Waals surface area contributed by atoms with Gasteiger partial charge in [-0.2, -0.15) is 0 Å². The van der Waals surface area contributed by atoms with Gasteiger partial charge < -0.3 is 15.1 Å². The minimum atomic E-state index is 0. The zero-order chi connectivity index (χ0) is 12.4. The second kappa shape index (κ2) is 6.91. The number of carbonyl (C=O) groups is 1. The second-order valence-corrected chi connectivity index (χ2v) is 6.11. The summed E-state index contributed by atoms with van der Waals surface area (Å²) in [5.41, 5.74) is 0. The van der Waals surface area contributed by atoms with Gasteiger partial charge in [-0.3, -0.25) is 4.79 Å². The van der Waals surface area contributed by atoms with Crippen LogP contribution in [0.4, 0.5) is 0 Å². The summed E-state index contributed by atoms with van der Waals surface area (Å²) in [5.74, 6) is 1.22. The molecule has 0 saturated carbocycles. The molecule has 3 aliphatic rings. The maximum Gasteiger partial charge on any atom is 0.222 e. The third-order valence-electron chi connectivity index (χ3n) is 4.71. The lowest BCUT2D eigenvalue weighted by Gasteiger charge is -2.28. The number of amides is 1. The molecule has 4 nitrogen and oxygen atoms in total. The minimum Gasteiger partial charge on any atom is -0.338 e. The molecule has 5 heteroatoms. The molecule has 0 aromatic rings. The van der Waals surface area contributed by atoms with Crippen LogP contribution in [0.15, 0.2) is 0 Å². The first-order chi connectivity index (χ1) is 8.83. The van der Waals surface area contributed by atoms with Crippen molar-refractivity contribution in [2.24, 2.45) is 5.92 Å². The van der Waals surface area contributed by atoms with Crippen molar-refractivity contribution in [3.8, 4) is 0 Å². The van der Waals surface area contributed by atoms with Gasteiger partial charge in [-0.25, -0.2) is 0 Å². The van der Waals surface area contributed by atoms with Gasteiger partial charge in [0, 0.05) is 38.6 Å². The van der Waals surface area contributed by atoms with Crippen LogP contribution in [-0.4, -0.2) is 61.0 Å². The predicted molar refractivity (Wildman–Crippen MR) is 78.6 cm³/mol. The molecule has 3 heterocycles. The lowest BCUT2D eigenvalue weighted by molar-refractivity contribution is -0.129. The molecule has 0 aromatic carbocycles. The molecule has 2 atom stereocenters. The van der Waals surface area contributed by atoms with E-state index in [9.17, 15) is 4.79 Å². The molecule has 0 aliphatic carbocycles. The van der Waals surface area contributed by atoms with Gasteiger partial charge in [-0.15, -0.1) is 12.4 Å². The van der Waals surface area contributed by atoms with Gasteiger partial charge in [0.25, 0.3) is 0 Å². The molecule has 0 spiro atoms. The maximum absolute atomic E-state index is 11.8. The Labute approximate surface area is 122 Å². The van der Waals surface area contributed by atoms with Gasteiger partial charge in [-0.05, 0) is 44.7 Å². The molecule has 0 aromatic heterocycles. The van der Waals surface area contributed by atoms with Gasteiger partial charge in [0.1, 0.15) is 0 Å². The summed E-state index contributed by atoms with van der Waals surface area (Å²) in [4.78, 5) is 16.5. The van der Waals surface area contributed by atoms with Crippen LogP contribution < -0.4 is 5.32 Å². The van der Waals surface area contributed by atoms with Crippen molar-refractivity contribution in [3.05, 3.63) is 0 Å². The first-order valence-corrected chi connectivity index (χ1v) is 7.55. The predicted octanol–water partition coefficient (Wildman–Crippen LogP) is 1.10. The lowest BCUT2D eigenvalue weighted by atomic mass is 9.99. The first kappa shape index (κ1) is 15.1. The molecule has 3 fully saturated rings. The standard InChI is InChI=1S/C14H25N3O.ClH/c18-14-4-2-7-17(14)13-5-8-16(11-13)10-12-3-1-6-15-9-12;/h12-13,15H,1-11H2;1H. The van der Waals surface area contributed by atoms with Crippen molar-refractivity contribution in [2.75, 3.05) is 39.3 Å². The number of halogens is 1. The largest absolute Gasteiger partial charge is 0.338 e. The van der Waals surface area contributed by atoms with Gasteiger partial charge in [0.15, 0.2) is 0 Å². The van der Waals surface area contributed by atoms with Crippen LogP contribution in [-0.2, 0) is 4.79 Å². The number of likely N-dealkylation sites (tertiary alicyclic amines) is 2. The Bertz CT molecular complexity index is 307. The van der Waals surface area contributed by atoms with Crippen LogP contribution >= 0.6 is 12.4 Å². The van der Waals surface area contributed by atoms with Crippen LogP contribution in [0.2, 0.25) is 0 Å². The smallest absolute Gasteiger partial charge is 0.222 e. The number of hydrogen-bond donors (Lipinski definition) is 1. The molecule has 3 saturated heterocycles. The second-order valence-electron chi connectivity index (χ2n) is 6.11. The van der Waals surface area contributed by atoms with E-state index >= 15 is 0 Å². The zero-order valence-corrected chi connectivity index (χ0v) is 12.5.